The Morgan fingerprint density at radius 3 is 2.61 bits per heavy atom. The van der Waals surface area contributed by atoms with Crippen LogP contribution in [0.15, 0.2) is 18.2 Å². The molecule has 1 aromatic carbocycles. The molecule has 6 heteroatoms. The van der Waals surface area contributed by atoms with Gasteiger partial charge in [-0.1, -0.05) is 5.92 Å². The Kier molecular flexibility index (Phi) is 3.57. The van der Waals surface area contributed by atoms with E-state index in [2.05, 4.69) is 5.92 Å². The van der Waals surface area contributed by atoms with Gasteiger partial charge >= 0.3 is 11.7 Å². The van der Waals surface area contributed by atoms with Crippen molar-refractivity contribution in [3.8, 4) is 18.1 Å². The van der Waals surface area contributed by atoms with Gasteiger partial charge in [0.1, 0.15) is 0 Å². The van der Waals surface area contributed by atoms with Gasteiger partial charge in [0.25, 0.3) is 0 Å². The number of rotatable bonds is 4. The van der Waals surface area contributed by atoms with Crippen molar-refractivity contribution in [3.05, 3.63) is 33.9 Å². The van der Waals surface area contributed by atoms with Crippen molar-refractivity contribution in [1.82, 2.24) is 0 Å². The highest BCUT2D eigenvalue weighted by molar-refractivity contribution is 5.88. The largest absolute Gasteiger partial charge is 0.478 e. The molecule has 0 amide bonds. The molecule has 0 aliphatic heterocycles. The summed E-state index contributed by atoms with van der Waals surface area (Å²) in [5, 5.41) is 19.6. The number of nitrogens with zero attached hydrogens (tertiary/aromatic N) is 1. The molecule has 0 aromatic heterocycles. The minimum atomic E-state index is -1.20. The molecule has 0 radical (unpaired) electrons. The van der Waals surface area contributed by atoms with E-state index in [4.69, 9.17) is 16.3 Å². The predicted octanol–water partition coefficient (Wildman–Crippen LogP) is 2.08. The molecule has 94 valence electrons. The van der Waals surface area contributed by atoms with E-state index >= 15 is 0 Å². The fourth-order valence-corrected chi connectivity index (χ4v) is 1.18. The molecule has 0 fully saturated rings. The van der Waals surface area contributed by atoms with E-state index in [1.165, 1.54) is 0 Å². The number of carbonyl (C=O) groups is 1. The van der Waals surface area contributed by atoms with Gasteiger partial charge in [-0.15, -0.1) is 6.42 Å². The number of nitro benzene ring substituents is 1. The van der Waals surface area contributed by atoms with Gasteiger partial charge < -0.3 is 9.84 Å². The molecule has 1 rings (SSSR count). The van der Waals surface area contributed by atoms with Crippen LogP contribution in [0, 0.1) is 22.5 Å². The fourth-order valence-electron chi connectivity index (χ4n) is 1.18. The summed E-state index contributed by atoms with van der Waals surface area (Å²) in [6, 6.07) is 3.29. The first-order chi connectivity index (χ1) is 8.26. The summed E-state index contributed by atoms with van der Waals surface area (Å²) >= 11 is 0. The average molecular weight is 249 g/mol. The molecule has 0 aliphatic carbocycles. The van der Waals surface area contributed by atoms with Gasteiger partial charge in [-0.25, -0.2) is 4.79 Å². The van der Waals surface area contributed by atoms with Crippen LogP contribution in [0.4, 0.5) is 5.69 Å². The third-order valence-electron chi connectivity index (χ3n) is 2.12. The van der Waals surface area contributed by atoms with Crippen LogP contribution in [0.1, 0.15) is 24.2 Å². The Morgan fingerprint density at radius 1 is 1.56 bits per heavy atom. The van der Waals surface area contributed by atoms with Gasteiger partial charge in [0.05, 0.1) is 10.5 Å². The molecule has 18 heavy (non-hydrogen) atoms. The molecule has 1 aromatic rings. The van der Waals surface area contributed by atoms with Crippen LogP contribution in [0.2, 0.25) is 0 Å². The summed E-state index contributed by atoms with van der Waals surface area (Å²) < 4.78 is 5.29. The van der Waals surface area contributed by atoms with Crippen LogP contribution in [0.5, 0.6) is 5.75 Å². The molecule has 0 atom stereocenters. The number of nitro groups is 1. The van der Waals surface area contributed by atoms with Crippen molar-refractivity contribution in [2.45, 2.75) is 19.4 Å². The lowest BCUT2D eigenvalue weighted by molar-refractivity contribution is -0.386. The Balaban J connectivity index is 3.29. The molecule has 0 aliphatic rings. The average Bonchev–Trinajstić information content (AvgIpc) is 2.28. The van der Waals surface area contributed by atoms with Crippen molar-refractivity contribution >= 4 is 11.7 Å². The monoisotopic (exact) mass is 249 g/mol. The Labute approximate surface area is 103 Å². The molecule has 1 N–H and O–H groups in total. The van der Waals surface area contributed by atoms with Gasteiger partial charge in [0.2, 0.25) is 0 Å². The maximum atomic E-state index is 10.8. The first-order valence-electron chi connectivity index (χ1n) is 4.95. The van der Waals surface area contributed by atoms with E-state index in [9.17, 15) is 14.9 Å². The van der Waals surface area contributed by atoms with Gasteiger partial charge in [0, 0.05) is 12.1 Å². The first kappa shape index (κ1) is 13.5. The topological polar surface area (TPSA) is 89.7 Å². The highest BCUT2D eigenvalue weighted by atomic mass is 16.6. The van der Waals surface area contributed by atoms with Crippen LogP contribution in [0.25, 0.3) is 0 Å². The number of hydrogen-bond donors (Lipinski definition) is 1. The quantitative estimate of drug-likeness (QED) is 0.501. The van der Waals surface area contributed by atoms with Gasteiger partial charge in [-0.2, -0.15) is 0 Å². The molecule has 0 saturated heterocycles. The standard InChI is InChI=1S/C12H11NO5/c1-4-12(2,3)18-10-7-8(11(14)15)5-6-9(10)13(16)17/h1,5-7H,2-3H3,(H,14,15). The summed E-state index contributed by atoms with van der Waals surface area (Å²) in [6.07, 6.45) is 5.22. The van der Waals surface area contributed by atoms with Crippen molar-refractivity contribution in [1.29, 1.82) is 0 Å². The molecular formula is C12H11NO5. The van der Waals surface area contributed by atoms with Gasteiger partial charge in [0.15, 0.2) is 11.4 Å². The van der Waals surface area contributed by atoms with Crippen LogP contribution in [0.3, 0.4) is 0 Å². The summed E-state index contributed by atoms with van der Waals surface area (Å²) in [7, 11) is 0. The lowest BCUT2D eigenvalue weighted by Crippen LogP contribution is -2.26. The number of carboxylic acid groups (broad SMARTS) is 1. The SMILES string of the molecule is C#CC(C)(C)Oc1cc(C(=O)O)ccc1[N+](=O)[O-]. The van der Waals surface area contributed by atoms with Crippen molar-refractivity contribution in [3.63, 3.8) is 0 Å². The highest BCUT2D eigenvalue weighted by Gasteiger charge is 2.24. The summed E-state index contributed by atoms with van der Waals surface area (Å²) in [4.78, 5) is 20.9. The second kappa shape index (κ2) is 4.75. The van der Waals surface area contributed by atoms with E-state index in [1.807, 2.05) is 0 Å². The van der Waals surface area contributed by atoms with Gasteiger partial charge in [-0.3, -0.25) is 10.1 Å². The molecular weight excluding hydrogens is 238 g/mol. The lowest BCUT2D eigenvalue weighted by atomic mass is 10.1. The highest BCUT2D eigenvalue weighted by Crippen LogP contribution is 2.30. The molecule has 0 saturated carbocycles. The number of benzene rings is 1. The zero-order chi connectivity index (χ0) is 13.9. The smallest absolute Gasteiger partial charge is 0.335 e. The summed E-state index contributed by atoms with van der Waals surface area (Å²) in [6.45, 7) is 3.09. The Bertz CT molecular complexity index is 542. The molecule has 0 unspecified atom stereocenters. The minimum Gasteiger partial charge on any atom is -0.478 e. The van der Waals surface area contributed by atoms with E-state index < -0.39 is 16.5 Å². The molecule has 0 spiro atoms. The normalized spacial score (nSPS) is 10.5. The number of ether oxygens (including phenoxy) is 1. The molecule has 6 nitrogen and oxygen atoms in total. The number of terminal acetylenes is 1. The maximum Gasteiger partial charge on any atom is 0.335 e. The third kappa shape index (κ3) is 2.98. The van der Waals surface area contributed by atoms with E-state index in [0.717, 1.165) is 18.2 Å². The van der Waals surface area contributed by atoms with Crippen LogP contribution in [-0.4, -0.2) is 21.6 Å². The minimum absolute atomic E-state index is 0.108. The molecule has 0 bridgehead atoms. The van der Waals surface area contributed by atoms with Crippen LogP contribution in [-0.2, 0) is 0 Å². The van der Waals surface area contributed by atoms with E-state index in [1.54, 1.807) is 13.8 Å². The van der Waals surface area contributed by atoms with E-state index in [-0.39, 0.29) is 17.0 Å². The van der Waals surface area contributed by atoms with Crippen LogP contribution < -0.4 is 4.74 Å². The second-order valence-electron chi connectivity index (χ2n) is 4.00. The maximum absolute atomic E-state index is 10.8. The number of hydrogen-bond acceptors (Lipinski definition) is 4. The Hall–Kier alpha value is -2.55. The lowest BCUT2D eigenvalue weighted by Gasteiger charge is -2.20. The zero-order valence-electron chi connectivity index (χ0n) is 9.84. The second-order valence-corrected chi connectivity index (χ2v) is 4.00. The number of aromatic carboxylic acids is 1. The van der Waals surface area contributed by atoms with Gasteiger partial charge in [-0.05, 0) is 19.9 Å². The van der Waals surface area contributed by atoms with Crippen molar-refractivity contribution in [2.24, 2.45) is 0 Å². The van der Waals surface area contributed by atoms with Crippen LogP contribution >= 0.6 is 0 Å². The van der Waals surface area contributed by atoms with Crippen molar-refractivity contribution in [2.75, 3.05) is 0 Å². The Morgan fingerprint density at radius 2 is 2.17 bits per heavy atom. The summed E-state index contributed by atoms with van der Waals surface area (Å²) in [5.74, 6) is 0.948. The zero-order valence-corrected chi connectivity index (χ0v) is 9.84. The van der Waals surface area contributed by atoms with E-state index in [0.29, 0.717) is 0 Å². The summed E-state index contributed by atoms with van der Waals surface area (Å²) in [5.41, 5.74) is -1.51. The third-order valence-corrected chi connectivity index (χ3v) is 2.12. The molecule has 0 heterocycles. The predicted molar refractivity (Wildman–Crippen MR) is 63.6 cm³/mol. The fraction of sp³-hybridized carbons (Fsp3) is 0.250. The first-order valence-corrected chi connectivity index (χ1v) is 4.95. The van der Waals surface area contributed by atoms with Crippen molar-refractivity contribution < 1.29 is 19.6 Å². The number of carboxylic acids is 1.